The van der Waals surface area contributed by atoms with Gasteiger partial charge in [0.1, 0.15) is 5.69 Å². The van der Waals surface area contributed by atoms with Crippen molar-refractivity contribution in [3.8, 4) is 11.4 Å². The van der Waals surface area contributed by atoms with Crippen molar-refractivity contribution >= 4 is 5.82 Å². The molecule has 0 saturated carbocycles. The number of methoxy groups -OCH3 is 2. The third kappa shape index (κ3) is 5.05. The molecule has 2 aromatic rings. The van der Waals surface area contributed by atoms with Crippen LogP contribution in [0.2, 0.25) is 0 Å². The van der Waals surface area contributed by atoms with E-state index in [0.29, 0.717) is 0 Å². The molecule has 146 valence electrons. The molecule has 0 bridgehead atoms. The summed E-state index contributed by atoms with van der Waals surface area (Å²) in [7, 11) is 3.52. The van der Waals surface area contributed by atoms with Crippen molar-refractivity contribution < 1.29 is 14.0 Å². The monoisotopic (exact) mass is 370 g/mol. The molecule has 5 heteroatoms. The Labute approximate surface area is 162 Å². The lowest BCUT2D eigenvalue weighted by atomic mass is 9.95. The Morgan fingerprint density at radius 3 is 2.52 bits per heavy atom. The van der Waals surface area contributed by atoms with E-state index in [-0.39, 0.29) is 0 Å². The SMILES string of the molecule is COCCCNc1nc(-c2ccccc2)[n+](CCCOC)c2c1CCCC2. The van der Waals surface area contributed by atoms with Crippen molar-refractivity contribution in [3.63, 3.8) is 0 Å². The smallest absolute Gasteiger partial charge is 0.333 e. The highest BCUT2D eigenvalue weighted by Gasteiger charge is 2.29. The molecule has 1 N–H and O–H groups in total. The summed E-state index contributed by atoms with van der Waals surface area (Å²) in [6.45, 7) is 3.37. The van der Waals surface area contributed by atoms with Gasteiger partial charge in [0.15, 0.2) is 0 Å². The number of hydrogen-bond donors (Lipinski definition) is 1. The normalized spacial score (nSPS) is 13.4. The first-order chi connectivity index (χ1) is 13.3. The van der Waals surface area contributed by atoms with Crippen molar-refractivity contribution in [2.24, 2.45) is 0 Å². The molecule has 1 heterocycles. The predicted octanol–water partition coefficient (Wildman–Crippen LogP) is 3.40. The number of nitrogens with zero attached hydrogens (tertiary/aromatic N) is 2. The molecule has 0 saturated heterocycles. The second kappa shape index (κ2) is 10.4. The summed E-state index contributed by atoms with van der Waals surface area (Å²) in [5, 5.41) is 3.58. The van der Waals surface area contributed by atoms with Gasteiger partial charge >= 0.3 is 5.82 Å². The summed E-state index contributed by atoms with van der Waals surface area (Å²) in [5.41, 5.74) is 4.01. The van der Waals surface area contributed by atoms with E-state index in [1.165, 1.54) is 29.7 Å². The van der Waals surface area contributed by atoms with Crippen LogP contribution in [-0.4, -0.2) is 39.0 Å². The zero-order valence-electron chi connectivity index (χ0n) is 16.7. The quantitative estimate of drug-likeness (QED) is 0.514. The number of benzene rings is 1. The average molecular weight is 371 g/mol. The highest BCUT2D eigenvalue weighted by atomic mass is 16.5. The molecule has 1 aliphatic rings. The molecule has 5 nitrogen and oxygen atoms in total. The third-order valence-corrected chi connectivity index (χ3v) is 5.10. The van der Waals surface area contributed by atoms with Crippen LogP contribution in [0.3, 0.4) is 0 Å². The molecule has 1 aliphatic carbocycles. The first kappa shape index (κ1) is 19.8. The molecule has 0 spiro atoms. The Balaban J connectivity index is 1.99. The zero-order chi connectivity index (χ0) is 18.9. The Morgan fingerprint density at radius 2 is 1.74 bits per heavy atom. The Bertz CT molecular complexity index is 719. The van der Waals surface area contributed by atoms with Gasteiger partial charge in [0.2, 0.25) is 5.82 Å². The van der Waals surface area contributed by atoms with Crippen LogP contribution in [0.15, 0.2) is 30.3 Å². The van der Waals surface area contributed by atoms with Gasteiger partial charge in [-0.3, -0.25) is 0 Å². The van der Waals surface area contributed by atoms with E-state index in [1.807, 2.05) is 0 Å². The fraction of sp³-hybridized carbons (Fsp3) is 0.545. The highest BCUT2D eigenvalue weighted by Crippen LogP contribution is 2.27. The summed E-state index contributed by atoms with van der Waals surface area (Å²) < 4.78 is 12.9. The highest BCUT2D eigenvalue weighted by molar-refractivity contribution is 5.57. The minimum atomic E-state index is 0.768. The summed E-state index contributed by atoms with van der Waals surface area (Å²) in [4.78, 5) is 5.10. The first-order valence-corrected chi connectivity index (χ1v) is 10.1. The molecule has 0 unspecified atom stereocenters. The summed E-state index contributed by atoms with van der Waals surface area (Å²) in [6, 6.07) is 10.5. The molecular weight excluding hydrogens is 338 g/mol. The topological polar surface area (TPSA) is 47.3 Å². The molecule has 0 aliphatic heterocycles. The number of ether oxygens (including phenoxy) is 2. The van der Waals surface area contributed by atoms with Crippen LogP contribution >= 0.6 is 0 Å². The summed E-state index contributed by atoms with van der Waals surface area (Å²) in [6.07, 6.45) is 6.70. The van der Waals surface area contributed by atoms with Gasteiger partial charge in [-0.05, 0) is 42.8 Å². The van der Waals surface area contributed by atoms with Crippen molar-refractivity contribution in [1.29, 1.82) is 0 Å². The summed E-state index contributed by atoms with van der Waals surface area (Å²) >= 11 is 0. The minimum Gasteiger partial charge on any atom is -0.385 e. The van der Waals surface area contributed by atoms with Crippen LogP contribution in [0.4, 0.5) is 5.82 Å². The van der Waals surface area contributed by atoms with Crippen LogP contribution < -0.4 is 9.88 Å². The average Bonchev–Trinajstić information content (AvgIpc) is 2.72. The number of fused-ring (bicyclic) bond motifs is 1. The van der Waals surface area contributed by atoms with E-state index in [0.717, 1.165) is 63.6 Å². The molecule has 0 atom stereocenters. The van der Waals surface area contributed by atoms with E-state index in [4.69, 9.17) is 14.5 Å². The summed E-state index contributed by atoms with van der Waals surface area (Å²) in [5.74, 6) is 2.12. The van der Waals surface area contributed by atoms with Gasteiger partial charge in [-0.15, -0.1) is 0 Å². The van der Waals surface area contributed by atoms with Gasteiger partial charge < -0.3 is 14.8 Å². The van der Waals surface area contributed by atoms with Gasteiger partial charge in [0.25, 0.3) is 0 Å². The zero-order valence-corrected chi connectivity index (χ0v) is 16.7. The third-order valence-electron chi connectivity index (χ3n) is 5.10. The van der Waals surface area contributed by atoms with E-state index in [9.17, 15) is 0 Å². The fourth-order valence-electron chi connectivity index (χ4n) is 3.79. The van der Waals surface area contributed by atoms with E-state index >= 15 is 0 Å². The fourth-order valence-corrected chi connectivity index (χ4v) is 3.79. The lowest BCUT2D eigenvalue weighted by Crippen LogP contribution is -2.44. The second-order valence-corrected chi connectivity index (χ2v) is 7.05. The number of nitrogens with one attached hydrogen (secondary N) is 1. The molecule has 1 aromatic heterocycles. The molecule has 0 radical (unpaired) electrons. The largest absolute Gasteiger partial charge is 0.385 e. The minimum absolute atomic E-state index is 0.768. The van der Waals surface area contributed by atoms with Crippen molar-refractivity contribution in [2.75, 3.05) is 39.3 Å². The lowest BCUT2D eigenvalue weighted by molar-refractivity contribution is -0.697. The maximum Gasteiger partial charge on any atom is 0.333 e. The van der Waals surface area contributed by atoms with Crippen molar-refractivity contribution in [3.05, 3.63) is 41.6 Å². The Hall–Kier alpha value is -1.98. The van der Waals surface area contributed by atoms with Gasteiger partial charge in [-0.1, -0.05) is 18.2 Å². The van der Waals surface area contributed by atoms with Crippen LogP contribution in [0.1, 0.15) is 36.9 Å². The maximum absolute atomic E-state index is 5.30. The molecular formula is C22H32N3O2+. The van der Waals surface area contributed by atoms with Crippen LogP contribution in [0.5, 0.6) is 0 Å². The standard InChI is InChI=1S/C22H31N3O2/c1-26-16-8-14-23-21-19-12-6-7-13-20(19)25(15-9-17-27-2)22(24-21)18-10-4-3-5-11-18/h3-5,10-11H,6-9,12-17H2,1-2H3/p+1. The maximum atomic E-state index is 5.30. The Morgan fingerprint density at radius 1 is 1.00 bits per heavy atom. The van der Waals surface area contributed by atoms with Gasteiger partial charge in [-0.25, -0.2) is 4.57 Å². The van der Waals surface area contributed by atoms with E-state index in [2.05, 4.69) is 40.2 Å². The van der Waals surface area contributed by atoms with Gasteiger partial charge in [0.05, 0.1) is 17.7 Å². The van der Waals surface area contributed by atoms with Crippen LogP contribution in [-0.2, 0) is 28.9 Å². The van der Waals surface area contributed by atoms with Crippen LogP contribution in [0, 0.1) is 0 Å². The van der Waals surface area contributed by atoms with Gasteiger partial charge in [0, 0.05) is 46.8 Å². The van der Waals surface area contributed by atoms with Crippen LogP contribution in [0.25, 0.3) is 11.4 Å². The number of rotatable bonds is 10. The molecule has 3 rings (SSSR count). The predicted molar refractivity (Wildman–Crippen MR) is 108 cm³/mol. The first-order valence-electron chi connectivity index (χ1n) is 10.1. The lowest BCUT2D eigenvalue weighted by Gasteiger charge is -2.20. The number of hydrogen-bond acceptors (Lipinski definition) is 4. The number of aromatic nitrogens is 2. The van der Waals surface area contributed by atoms with Crippen molar-refractivity contribution in [2.45, 2.75) is 45.1 Å². The number of anilines is 1. The molecule has 1 aromatic carbocycles. The van der Waals surface area contributed by atoms with E-state index < -0.39 is 0 Å². The second-order valence-electron chi connectivity index (χ2n) is 7.05. The Kier molecular flexibility index (Phi) is 7.60. The molecule has 0 fully saturated rings. The molecule has 27 heavy (non-hydrogen) atoms. The van der Waals surface area contributed by atoms with Crippen molar-refractivity contribution in [1.82, 2.24) is 4.98 Å². The molecule has 0 amide bonds. The van der Waals surface area contributed by atoms with E-state index in [1.54, 1.807) is 14.2 Å². The van der Waals surface area contributed by atoms with Gasteiger partial charge in [-0.2, -0.15) is 0 Å².